The Hall–Kier alpha value is -4.08. The van der Waals surface area contributed by atoms with Crippen LogP contribution in [0.15, 0.2) is 83.9 Å². The molecule has 0 fully saturated rings. The molecule has 6 heteroatoms. The molecule has 0 unspecified atom stereocenters. The van der Waals surface area contributed by atoms with Gasteiger partial charge in [-0.05, 0) is 48.7 Å². The van der Waals surface area contributed by atoms with Crippen LogP contribution in [-0.2, 0) is 4.79 Å². The van der Waals surface area contributed by atoms with Gasteiger partial charge in [0.05, 0.1) is 24.1 Å². The lowest BCUT2D eigenvalue weighted by molar-refractivity contribution is -0.131. The van der Waals surface area contributed by atoms with Gasteiger partial charge in [-0.1, -0.05) is 72.4 Å². The number of nitrogens with zero attached hydrogens (tertiary/aromatic N) is 2. The number of benzene rings is 3. The summed E-state index contributed by atoms with van der Waals surface area (Å²) in [6.07, 6.45) is 0. The van der Waals surface area contributed by atoms with Crippen LogP contribution in [0.25, 0.3) is 22.4 Å². The summed E-state index contributed by atoms with van der Waals surface area (Å²) in [6, 6.07) is 27.2. The van der Waals surface area contributed by atoms with E-state index in [4.69, 9.17) is 14.5 Å². The summed E-state index contributed by atoms with van der Waals surface area (Å²) in [5, 5.41) is 10.5. The standard InChI is InChI=1S/C29H24N2O3S/c1-19-8-7-9-20(2)28(19)34-27(32)18-35-29-25(17-30)24(21-12-14-23(33-3)15-13-21)16-26(31-29)22-10-5-4-6-11-22/h4-16H,18H2,1-3H3. The van der Waals surface area contributed by atoms with Crippen molar-refractivity contribution in [2.45, 2.75) is 18.9 Å². The topological polar surface area (TPSA) is 72.2 Å². The average Bonchev–Trinajstić information content (AvgIpc) is 2.89. The predicted molar refractivity (Wildman–Crippen MR) is 139 cm³/mol. The van der Waals surface area contributed by atoms with Crippen LogP contribution in [-0.4, -0.2) is 23.8 Å². The van der Waals surface area contributed by atoms with Crippen LogP contribution in [0.5, 0.6) is 11.5 Å². The molecule has 0 radical (unpaired) electrons. The van der Waals surface area contributed by atoms with Crippen LogP contribution in [0.3, 0.4) is 0 Å². The maximum Gasteiger partial charge on any atom is 0.321 e. The van der Waals surface area contributed by atoms with E-state index < -0.39 is 5.97 Å². The Morgan fingerprint density at radius 3 is 2.26 bits per heavy atom. The monoisotopic (exact) mass is 480 g/mol. The smallest absolute Gasteiger partial charge is 0.321 e. The lowest BCUT2D eigenvalue weighted by atomic mass is 9.99. The number of ether oxygens (including phenoxy) is 2. The minimum atomic E-state index is -0.394. The highest BCUT2D eigenvalue weighted by Gasteiger charge is 2.18. The van der Waals surface area contributed by atoms with Crippen molar-refractivity contribution in [3.8, 4) is 40.0 Å². The normalized spacial score (nSPS) is 10.5. The van der Waals surface area contributed by atoms with Crippen LogP contribution < -0.4 is 9.47 Å². The van der Waals surface area contributed by atoms with Crippen molar-refractivity contribution in [1.29, 1.82) is 5.26 Å². The van der Waals surface area contributed by atoms with Crippen LogP contribution in [0.4, 0.5) is 0 Å². The number of thioether (sulfide) groups is 1. The van der Waals surface area contributed by atoms with E-state index in [0.29, 0.717) is 16.3 Å². The van der Waals surface area contributed by atoms with Gasteiger partial charge in [0, 0.05) is 11.1 Å². The molecule has 35 heavy (non-hydrogen) atoms. The van der Waals surface area contributed by atoms with Crippen molar-refractivity contribution in [2.75, 3.05) is 12.9 Å². The van der Waals surface area contributed by atoms with Crippen molar-refractivity contribution in [1.82, 2.24) is 4.98 Å². The third-order valence-electron chi connectivity index (χ3n) is 5.52. The summed E-state index contributed by atoms with van der Waals surface area (Å²) < 4.78 is 10.9. The van der Waals surface area contributed by atoms with E-state index >= 15 is 0 Å². The van der Waals surface area contributed by atoms with Gasteiger partial charge in [0.15, 0.2) is 0 Å². The zero-order valence-electron chi connectivity index (χ0n) is 19.7. The number of methoxy groups -OCH3 is 1. The maximum atomic E-state index is 12.7. The average molecular weight is 481 g/mol. The second-order valence-electron chi connectivity index (χ2n) is 7.93. The Kier molecular flexibility index (Phi) is 7.49. The number of pyridine rings is 1. The first-order valence-electron chi connectivity index (χ1n) is 11.0. The molecule has 0 spiro atoms. The molecule has 5 nitrogen and oxygen atoms in total. The fourth-order valence-electron chi connectivity index (χ4n) is 3.72. The number of para-hydroxylation sites is 1. The first-order valence-corrected chi connectivity index (χ1v) is 12.0. The highest BCUT2D eigenvalue weighted by atomic mass is 32.2. The molecular formula is C29H24N2O3S. The second-order valence-corrected chi connectivity index (χ2v) is 8.89. The molecule has 0 aliphatic rings. The molecule has 0 bridgehead atoms. The Bertz CT molecular complexity index is 1370. The van der Waals surface area contributed by atoms with Crippen LogP contribution in [0, 0.1) is 25.2 Å². The van der Waals surface area contributed by atoms with E-state index in [9.17, 15) is 10.1 Å². The maximum absolute atomic E-state index is 12.7. The van der Waals surface area contributed by atoms with Gasteiger partial charge >= 0.3 is 5.97 Å². The van der Waals surface area contributed by atoms with Crippen LogP contribution >= 0.6 is 11.8 Å². The lowest BCUT2D eigenvalue weighted by Gasteiger charge is -2.13. The minimum Gasteiger partial charge on any atom is -0.497 e. The van der Waals surface area contributed by atoms with Gasteiger partial charge in [-0.3, -0.25) is 4.79 Å². The molecule has 4 rings (SSSR count). The molecule has 0 N–H and O–H groups in total. The summed E-state index contributed by atoms with van der Waals surface area (Å²) in [6.45, 7) is 3.81. The van der Waals surface area contributed by atoms with Gasteiger partial charge in [0.25, 0.3) is 0 Å². The minimum absolute atomic E-state index is 0.0236. The highest BCUT2D eigenvalue weighted by molar-refractivity contribution is 7.99. The van der Waals surface area contributed by atoms with Gasteiger partial charge in [0.2, 0.25) is 0 Å². The number of rotatable bonds is 7. The molecule has 0 saturated carbocycles. The number of nitriles is 1. The van der Waals surface area contributed by atoms with Crippen molar-refractivity contribution >= 4 is 17.7 Å². The third kappa shape index (κ3) is 5.53. The van der Waals surface area contributed by atoms with E-state index in [2.05, 4.69) is 6.07 Å². The highest BCUT2D eigenvalue weighted by Crippen LogP contribution is 2.35. The molecule has 0 saturated heterocycles. The molecule has 4 aromatic rings. The molecule has 1 aromatic heterocycles. The summed E-state index contributed by atoms with van der Waals surface area (Å²) in [4.78, 5) is 17.5. The summed E-state index contributed by atoms with van der Waals surface area (Å²) in [5.74, 6) is 0.932. The molecule has 0 atom stereocenters. The van der Waals surface area contributed by atoms with E-state index in [1.165, 1.54) is 11.8 Å². The molecular weight excluding hydrogens is 456 g/mol. The summed E-state index contributed by atoms with van der Waals surface area (Å²) in [5.41, 5.74) is 5.46. The molecule has 174 valence electrons. The van der Waals surface area contributed by atoms with Gasteiger partial charge in [-0.25, -0.2) is 4.98 Å². The van der Waals surface area contributed by atoms with E-state index in [1.54, 1.807) is 7.11 Å². The predicted octanol–water partition coefficient (Wildman–Crippen LogP) is 6.61. The summed E-state index contributed by atoms with van der Waals surface area (Å²) >= 11 is 1.20. The molecule has 0 amide bonds. The first kappa shape index (κ1) is 24.1. The number of carbonyl (C=O) groups excluding carboxylic acids is 1. The van der Waals surface area contributed by atoms with Crippen molar-refractivity contribution in [2.24, 2.45) is 0 Å². The van der Waals surface area contributed by atoms with Crippen LogP contribution in [0.1, 0.15) is 16.7 Å². The molecule has 3 aromatic carbocycles. The number of carbonyl (C=O) groups is 1. The van der Waals surface area contributed by atoms with Crippen molar-refractivity contribution in [3.63, 3.8) is 0 Å². The van der Waals surface area contributed by atoms with Gasteiger partial charge in [-0.15, -0.1) is 0 Å². The number of esters is 1. The number of hydrogen-bond acceptors (Lipinski definition) is 6. The Labute approximate surface area is 209 Å². The van der Waals surface area contributed by atoms with Crippen molar-refractivity contribution < 1.29 is 14.3 Å². The first-order chi connectivity index (χ1) is 17.0. The number of aryl methyl sites for hydroxylation is 2. The van der Waals surface area contributed by atoms with Gasteiger partial charge in [0.1, 0.15) is 22.6 Å². The van der Waals surface area contributed by atoms with Crippen LogP contribution in [0.2, 0.25) is 0 Å². The molecule has 0 aliphatic carbocycles. The zero-order chi connectivity index (χ0) is 24.8. The van der Waals surface area contributed by atoms with E-state index in [-0.39, 0.29) is 5.75 Å². The van der Waals surface area contributed by atoms with Crippen molar-refractivity contribution in [3.05, 3.63) is 95.6 Å². The molecule has 0 aliphatic heterocycles. The second kappa shape index (κ2) is 10.9. The quantitative estimate of drug-likeness (QED) is 0.168. The molecule has 1 heterocycles. The fraction of sp³-hybridized carbons (Fsp3) is 0.138. The largest absolute Gasteiger partial charge is 0.497 e. The fourth-order valence-corrected chi connectivity index (χ4v) is 4.50. The zero-order valence-corrected chi connectivity index (χ0v) is 20.6. The Morgan fingerprint density at radius 1 is 0.943 bits per heavy atom. The number of hydrogen-bond donors (Lipinski definition) is 0. The van der Waals surface area contributed by atoms with E-state index in [0.717, 1.165) is 39.3 Å². The van der Waals surface area contributed by atoms with Gasteiger partial charge in [-0.2, -0.15) is 5.26 Å². The Balaban J connectivity index is 1.69. The SMILES string of the molecule is COc1ccc(-c2cc(-c3ccccc3)nc(SCC(=O)Oc3c(C)cccc3C)c2C#N)cc1. The number of aromatic nitrogens is 1. The third-order valence-corrected chi connectivity index (χ3v) is 6.47. The van der Waals surface area contributed by atoms with Gasteiger partial charge < -0.3 is 9.47 Å². The summed E-state index contributed by atoms with van der Waals surface area (Å²) in [7, 11) is 1.61. The lowest BCUT2D eigenvalue weighted by Crippen LogP contribution is -2.12. The van der Waals surface area contributed by atoms with E-state index in [1.807, 2.05) is 92.7 Å². The Morgan fingerprint density at radius 2 is 1.63 bits per heavy atom.